The van der Waals surface area contributed by atoms with Crippen LogP contribution in [0.15, 0.2) is 50.1 Å². The van der Waals surface area contributed by atoms with Crippen LogP contribution in [0.25, 0.3) is 6.08 Å². The molecule has 1 heterocycles. The highest BCUT2D eigenvalue weighted by Crippen LogP contribution is 2.29. The minimum absolute atomic E-state index is 0.202. The van der Waals surface area contributed by atoms with Gasteiger partial charge in [-0.2, -0.15) is 0 Å². The van der Waals surface area contributed by atoms with Crippen molar-refractivity contribution in [1.82, 2.24) is 0 Å². The maximum atomic E-state index is 12.0. The summed E-state index contributed by atoms with van der Waals surface area (Å²) in [5, 5.41) is 9.87. The number of carbonyl (C=O) groups excluding carboxylic acids is 1. The zero-order valence-electron chi connectivity index (χ0n) is 10.6. The Morgan fingerprint density at radius 2 is 1.95 bits per heavy atom. The standard InChI is InChI=1S/C15H11BrO4/c1-9-13(16)14(18)12(15(19)20-9)11(17)8-7-10-5-3-2-4-6-10/h2-8,18H,1H3/b8-7+. The molecule has 0 aliphatic rings. The first-order chi connectivity index (χ1) is 9.50. The topological polar surface area (TPSA) is 67.5 Å². The lowest BCUT2D eigenvalue weighted by molar-refractivity contribution is 0.104. The number of aromatic hydroxyl groups is 1. The minimum atomic E-state index is -0.856. The largest absolute Gasteiger partial charge is 0.506 e. The third kappa shape index (κ3) is 2.88. The van der Waals surface area contributed by atoms with E-state index in [0.717, 1.165) is 5.56 Å². The smallest absolute Gasteiger partial charge is 0.351 e. The van der Waals surface area contributed by atoms with Crippen LogP contribution in [-0.4, -0.2) is 10.9 Å². The van der Waals surface area contributed by atoms with E-state index in [-0.39, 0.29) is 15.8 Å². The molecule has 0 radical (unpaired) electrons. The Morgan fingerprint density at radius 1 is 1.30 bits per heavy atom. The number of ketones is 1. The van der Waals surface area contributed by atoms with Crippen molar-refractivity contribution in [2.75, 3.05) is 0 Å². The van der Waals surface area contributed by atoms with Crippen molar-refractivity contribution in [3.05, 3.63) is 68.2 Å². The van der Waals surface area contributed by atoms with E-state index < -0.39 is 17.2 Å². The highest BCUT2D eigenvalue weighted by Gasteiger charge is 2.20. The number of hydrogen-bond donors (Lipinski definition) is 1. The number of aryl methyl sites for hydroxylation is 1. The average molecular weight is 335 g/mol. The van der Waals surface area contributed by atoms with Crippen molar-refractivity contribution in [2.24, 2.45) is 0 Å². The lowest BCUT2D eigenvalue weighted by Crippen LogP contribution is -2.13. The molecule has 1 aromatic heterocycles. The number of halogens is 1. The van der Waals surface area contributed by atoms with Crippen LogP contribution >= 0.6 is 15.9 Å². The summed E-state index contributed by atoms with van der Waals surface area (Å²) in [6.45, 7) is 1.51. The Labute approximate surface area is 123 Å². The summed E-state index contributed by atoms with van der Waals surface area (Å²) in [6.07, 6.45) is 2.79. The third-order valence-electron chi connectivity index (χ3n) is 2.68. The molecule has 0 fully saturated rings. The molecule has 0 saturated carbocycles. The molecule has 2 rings (SSSR count). The first-order valence-corrected chi connectivity index (χ1v) is 6.59. The third-order valence-corrected chi connectivity index (χ3v) is 3.61. The Balaban J connectivity index is 2.38. The van der Waals surface area contributed by atoms with Gasteiger partial charge < -0.3 is 9.52 Å². The van der Waals surface area contributed by atoms with Gasteiger partial charge in [-0.25, -0.2) is 4.79 Å². The van der Waals surface area contributed by atoms with Crippen molar-refractivity contribution in [3.63, 3.8) is 0 Å². The summed E-state index contributed by atoms with van der Waals surface area (Å²) in [6, 6.07) is 9.15. The van der Waals surface area contributed by atoms with Gasteiger partial charge in [-0.15, -0.1) is 0 Å². The molecule has 0 aliphatic carbocycles. The number of rotatable bonds is 3. The second-order valence-electron chi connectivity index (χ2n) is 4.09. The molecular formula is C15H11BrO4. The highest BCUT2D eigenvalue weighted by molar-refractivity contribution is 9.10. The molecule has 1 N–H and O–H groups in total. The first-order valence-electron chi connectivity index (χ1n) is 5.80. The number of hydrogen-bond acceptors (Lipinski definition) is 4. The monoisotopic (exact) mass is 334 g/mol. The summed E-state index contributed by atoms with van der Waals surface area (Å²) in [4.78, 5) is 23.7. The van der Waals surface area contributed by atoms with Crippen LogP contribution in [0.1, 0.15) is 21.7 Å². The summed E-state index contributed by atoms with van der Waals surface area (Å²) in [7, 11) is 0. The first kappa shape index (κ1) is 14.3. The van der Waals surface area contributed by atoms with Gasteiger partial charge in [0.25, 0.3) is 0 Å². The van der Waals surface area contributed by atoms with E-state index in [4.69, 9.17) is 4.42 Å². The van der Waals surface area contributed by atoms with Crippen molar-refractivity contribution >= 4 is 27.8 Å². The van der Waals surface area contributed by atoms with Crippen LogP contribution in [0.4, 0.5) is 0 Å². The summed E-state index contributed by atoms with van der Waals surface area (Å²) in [5.74, 6) is -0.793. The Bertz CT molecular complexity index is 730. The van der Waals surface area contributed by atoms with Gasteiger partial charge in [-0.05, 0) is 34.5 Å². The minimum Gasteiger partial charge on any atom is -0.506 e. The van der Waals surface area contributed by atoms with Crippen LogP contribution < -0.4 is 5.63 Å². The van der Waals surface area contributed by atoms with Crippen molar-refractivity contribution in [1.29, 1.82) is 0 Å². The van der Waals surface area contributed by atoms with Crippen LogP contribution in [-0.2, 0) is 0 Å². The molecule has 20 heavy (non-hydrogen) atoms. The van der Waals surface area contributed by atoms with E-state index in [9.17, 15) is 14.7 Å². The van der Waals surface area contributed by atoms with Crippen LogP contribution in [0.2, 0.25) is 0 Å². The fourth-order valence-corrected chi connectivity index (χ4v) is 1.92. The lowest BCUT2D eigenvalue weighted by atomic mass is 10.1. The summed E-state index contributed by atoms with van der Waals surface area (Å²) < 4.78 is 5.08. The van der Waals surface area contributed by atoms with Gasteiger partial charge in [-0.3, -0.25) is 4.79 Å². The van der Waals surface area contributed by atoms with Gasteiger partial charge >= 0.3 is 5.63 Å². The summed E-state index contributed by atoms with van der Waals surface area (Å²) in [5.41, 5.74) is -0.420. The molecule has 0 atom stereocenters. The zero-order chi connectivity index (χ0) is 14.7. The number of benzene rings is 1. The molecule has 0 amide bonds. The normalized spacial score (nSPS) is 10.9. The quantitative estimate of drug-likeness (QED) is 0.690. The van der Waals surface area contributed by atoms with E-state index in [2.05, 4.69) is 15.9 Å². The van der Waals surface area contributed by atoms with Gasteiger partial charge in [0.1, 0.15) is 5.76 Å². The van der Waals surface area contributed by atoms with E-state index in [1.165, 1.54) is 13.0 Å². The van der Waals surface area contributed by atoms with Crippen LogP contribution in [0, 0.1) is 6.92 Å². The molecule has 0 saturated heterocycles. The van der Waals surface area contributed by atoms with Gasteiger partial charge in [0.15, 0.2) is 17.1 Å². The molecular weight excluding hydrogens is 324 g/mol. The zero-order valence-corrected chi connectivity index (χ0v) is 12.2. The van der Waals surface area contributed by atoms with E-state index in [1.807, 2.05) is 30.3 Å². The van der Waals surface area contributed by atoms with E-state index >= 15 is 0 Å². The Kier molecular flexibility index (Phi) is 4.20. The predicted molar refractivity (Wildman–Crippen MR) is 78.9 cm³/mol. The van der Waals surface area contributed by atoms with Gasteiger partial charge in [0.05, 0.1) is 4.47 Å². The molecule has 4 nitrogen and oxygen atoms in total. The maximum absolute atomic E-state index is 12.0. The molecule has 2 aromatic rings. The van der Waals surface area contributed by atoms with Crippen LogP contribution in [0.3, 0.4) is 0 Å². The fourth-order valence-electron chi connectivity index (χ4n) is 1.64. The second-order valence-corrected chi connectivity index (χ2v) is 4.88. The summed E-state index contributed by atoms with van der Waals surface area (Å²) >= 11 is 3.07. The molecule has 0 spiro atoms. The molecule has 5 heteroatoms. The van der Waals surface area contributed by atoms with Gasteiger partial charge in [-0.1, -0.05) is 36.4 Å². The van der Waals surface area contributed by atoms with E-state index in [0.29, 0.717) is 0 Å². The molecule has 0 unspecified atom stereocenters. The number of allylic oxidation sites excluding steroid dienone is 1. The Hall–Kier alpha value is -2.14. The van der Waals surface area contributed by atoms with Crippen molar-refractivity contribution in [2.45, 2.75) is 6.92 Å². The highest BCUT2D eigenvalue weighted by atomic mass is 79.9. The van der Waals surface area contributed by atoms with Crippen molar-refractivity contribution in [3.8, 4) is 5.75 Å². The fraction of sp³-hybridized carbons (Fsp3) is 0.0667. The second kappa shape index (κ2) is 5.88. The van der Waals surface area contributed by atoms with Crippen molar-refractivity contribution < 1.29 is 14.3 Å². The molecule has 102 valence electrons. The molecule has 0 bridgehead atoms. The predicted octanol–water partition coefficient (Wildman–Crippen LogP) is 3.31. The molecule has 0 aliphatic heterocycles. The Morgan fingerprint density at radius 3 is 2.60 bits per heavy atom. The SMILES string of the molecule is Cc1oc(=O)c(C(=O)/C=C/c2ccccc2)c(O)c1Br. The lowest BCUT2D eigenvalue weighted by Gasteiger charge is -2.03. The average Bonchev–Trinajstić information content (AvgIpc) is 2.44. The maximum Gasteiger partial charge on any atom is 0.351 e. The van der Waals surface area contributed by atoms with Crippen LogP contribution in [0.5, 0.6) is 5.75 Å². The van der Waals surface area contributed by atoms with Gasteiger partial charge in [0.2, 0.25) is 0 Å². The van der Waals surface area contributed by atoms with E-state index in [1.54, 1.807) is 6.08 Å². The van der Waals surface area contributed by atoms with Gasteiger partial charge in [0, 0.05) is 0 Å². The molecule has 1 aromatic carbocycles. The number of carbonyl (C=O) groups is 1.